The van der Waals surface area contributed by atoms with Gasteiger partial charge in [0.25, 0.3) is 0 Å². The van der Waals surface area contributed by atoms with Crippen molar-refractivity contribution in [3.05, 3.63) is 21.9 Å². The summed E-state index contributed by atoms with van der Waals surface area (Å²) in [6.45, 7) is 6.96. The van der Waals surface area contributed by atoms with Crippen molar-refractivity contribution in [1.82, 2.24) is 19.7 Å². The second-order valence-electron chi connectivity index (χ2n) is 4.99. The molecule has 0 radical (unpaired) electrons. The van der Waals surface area contributed by atoms with E-state index in [9.17, 15) is 0 Å². The normalized spacial score (nSPS) is 12.9. The van der Waals surface area contributed by atoms with Gasteiger partial charge in [0, 0.05) is 38.5 Å². The molecule has 0 unspecified atom stereocenters. The lowest BCUT2D eigenvalue weighted by Crippen LogP contribution is -2.14. The van der Waals surface area contributed by atoms with E-state index in [1.54, 1.807) is 30.2 Å². The van der Waals surface area contributed by atoms with Crippen LogP contribution in [0.2, 0.25) is 0 Å². The van der Waals surface area contributed by atoms with E-state index in [4.69, 9.17) is 14.2 Å². The molecule has 0 spiro atoms. The fourth-order valence-electron chi connectivity index (χ4n) is 1.97. The number of nitrogens with zero attached hydrogens (tertiary/aromatic N) is 4. The molecule has 0 bridgehead atoms. The second-order valence-corrected chi connectivity index (χ2v) is 6.82. The van der Waals surface area contributed by atoms with E-state index in [-0.39, 0.29) is 6.10 Å². The number of thioether (sulfide) groups is 1. The Morgan fingerprint density at radius 3 is 2.58 bits per heavy atom. The quantitative estimate of drug-likeness (QED) is 0.468. The van der Waals surface area contributed by atoms with Crippen LogP contribution in [0, 0.1) is 0 Å². The molecular formula is C15H24N4O3S2. The van der Waals surface area contributed by atoms with Crippen LogP contribution in [0.25, 0.3) is 0 Å². The summed E-state index contributed by atoms with van der Waals surface area (Å²) < 4.78 is 18.4. The fourth-order valence-corrected chi connectivity index (χ4v) is 3.74. The lowest BCUT2D eigenvalue weighted by molar-refractivity contribution is -0.146. The number of aromatic nitrogens is 4. The van der Waals surface area contributed by atoms with Gasteiger partial charge in [-0.3, -0.25) is 0 Å². The molecule has 0 aliphatic rings. The molecule has 0 fully saturated rings. The lowest BCUT2D eigenvalue weighted by Gasteiger charge is -2.15. The Hall–Kier alpha value is -1.00. The highest BCUT2D eigenvalue weighted by molar-refractivity contribution is 7.98. The zero-order valence-corrected chi connectivity index (χ0v) is 16.3. The van der Waals surface area contributed by atoms with E-state index < -0.39 is 6.29 Å². The number of ether oxygens (including phenoxy) is 3. The van der Waals surface area contributed by atoms with Gasteiger partial charge < -0.3 is 18.8 Å². The summed E-state index contributed by atoms with van der Waals surface area (Å²) in [5.74, 6) is 1.40. The molecule has 1 atom stereocenters. The van der Waals surface area contributed by atoms with E-state index in [2.05, 4.69) is 20.6 Å². The Morgan fingerprint density at radius 1 is 1.25 bits per heavy atom. The molecule has 0 N–H and O–H groups in total. The molecule has 0 aromatic carbocycles. The van der Waals surface area contributed by atoms with E-state index in [1.165, 1.54) is 0 Å². The molecule has 2 heterocycles. The molecule has 0 aliphatic carbocycles. The van der Waals surface area contributed by atoms with Crippen molar-refractivity contribution >= 4 is 23.1 Å². The van der Waals surface area contributed by atoms with Crippen molar-refractivity contribution in [2.75, 3.05) is 20.3 Å². The summed E-state index contributed by atoms with van der Waals surface area (Å²) in [6, 6.07) is 0. The zero-order valence-electron chi connectivity index (χ0n) is 14.7. The first-order valence-corrected chi connectivity index (χ1v) is 9.69. The molecule has 7 nitrogen and oxygen atoms in total. The van der Waals surface area contributed by atoms with Crippen molar-refractivity contribution < 1.29 is 14.2 Å². The van der Waals surface area contributed by atoms with E-state index in [1.807, 2.05) is 32.4 Å². The number of hydrogen-bond acceptors (Lipinski definition) is 8. The van der Waals surface area contributed by atoms with Gasteiger partial charge in [0.05, 0.1) is 5.69 Å². The number of hydrogen-bond donors (Lipinski definition) is 0. The van der Waals surface area contributed by atoms with Gasteiger partial charge >= 0.3 is 0 Å². The number of thiazole rings is 1. The fraction of sp³-hybridized carbons (Fsp3) is 0.667. The zero-order chi connectivity index (χ0) is 17.5. The summed E-state index contributed by atoms with van der Waals surface area (Å²) in [6.07, 6.45) is -0.464. The Kier molecular flexibility index (Phi) is 7.63. The molecule has 0 saturated carbocycles. The molecule has 2 rings (SSSR count). The van der Waals surface area contributed by atoms with E-state index >= 15 is 0 Å². The molecular weight excluding hydrogens is 348 g/mol. The third-order valence-corrected chi connectivity index (χ3v) is 5.44. The third-order valence-electron chi connectivity index (χ3n) is 3.34. The standard InChI is InChI=1S/C15H24N4O3S2/c1-6-21-14(22-7-2)12-17-18-15(19(12)4)24-9-11-8-23-13(16-11)10(3)20-5/h8,10,14H,6-7,9H2,1-5H3/t10-/m1/s1. The molecule has 24 heavy (non-hydrogen) atoms. The minimum absolute atomic E-state index is 0.0216. The third kappa shape index (κ3) is 4.76. The van der Waals surface area contributed by atoms with Crippen molar-refractivity contribution in [2.24, 2.45) is 7.05 Å². The first-order chi connectivity index (χ1) is 11.6. The van der Waals surface area contributed by atoms with Gasteiger partial charge in [-0.2, -0.15) is 0 Å². The van der Waals surface area contributed by atoms with Crippen LogP contribution in [0.5, 0.6) is 0 Å². The predicted octanol–water partition coefficient (Wildman–Crippen LogP) is 3.34. The van der Waals surface area contributed by atoms with Gasteiger partial charge in [-0.15, -0.1) is 21.5 Å². The van der Waals surface area contributed by atoms with Gasteiger partial charge in [-0.05, 0) is 20.8 Å². The Labute approximate surface area is 150 Å². The summed E-state index contributed by atoms with van der Waals surface area (Å²) in [5, 5.41) is 12.3. The Morgan fingerprint density at radius 2 is 1.96 bits per heavy atom. The predicted molar refractivity (Wildman–Crippen MR) is 94.1 cm³/mol. The highest BCUT2D eigenvalue weighted by atomic mass is 32.2. The lowest BCUT2D eigenvalue weighted by atomic mass is 10.4. The highest BCUT2D eigenvalue weighted by Crippen LogP contribution is 2.27. The SMILES string of the molecule is CCOC(OCC)c1nnc(SCc2csc([C@@H](C)OC)n2)n1C. The van der Waals surface area contributed by atoms with Crippen LogP contribution in [0.1, 0.15) is 49.7 Å². The van der Waals surface area contributed by atoms with Crippen LogP contribution in [0.15, 0.2) is 10.5 Å². The average molecular weight is 373 g/mol. The monoisotopic (exact) mass is 372 g/mol. The van der Waals surface area contributed by atoms with Gasteiger partial charge in [0.15, 0.2) is 11.0 Å². The van der Waals surface area contributed by atoms with Crippen molar-refractivity contribution in [1.29, 1.82) is 0 Å². The molecule has 2 aromatic heterocycles. The van der Waals surface area contributed by atoms with Gasteiger partial charge in [-0.1, -0.05) is 11.8 Å². The van der Waals surface area contributed by atoms with Crippen LogP contribution >= 0.6 is 23.1 Å². The van der Waals surface area contributed by atoms with Gasteiger partial charge in [0.1, 0.15) is 11.1 Å². The van der Waals surface area contributed by atoms with Crippen molar-refractivity contribution in [2.45, 2.75) is 44.1 Å². The largest absolute Gasteiger partial charge is 0.375 e. The molecule has 134 valence electrons. The van der Waals surface area contributed by atoms with Gasteiger partial charge in [-0.25, -0.2) is 4.98 Å². The number of methoxy groups -OCH3 is 1. The first-order valence-electron chi connectivity index (χ1n) is 7.83. The smallest absolute Gasteiger partial charge is 0.219 e. The average Bonchev–Trinajstić information content (AvgIpc) is 3.19. The first kappa shape index (κ1) is 19.3. The molecule has 9 heteroatoms. The molecule has 0 amide bonds. The minimum Gasteiger partial charge on any atom is -0.375 e. The van der Waals surface area contributed by atoms with Crippen LogP contribution < -0.4 is 0 Å². The topological polar surface area (TPSA) is 71.3 Å². The van der Waals surface area contributed by atoms with Gasteiger partial charge in [0.2, 0.25) is 6.29 Å². The maximum atomic E-state index is 5.59. The van der Waals surface area contributed by atoms with Crippen LogP contribution in [0.4, 0.5) is 0 Å². The van der Waals surface area contributed by atoms with Crippen LogP contribution in [-0.2, 0) is 27.0 Å². The minimum atomic E-state index is -0.486. The summed E-state index contributed by atoms with van der Waals surface area (Å²) in [5.41, 5.74) is 1.01. The molecule has 0 saturated heterocycles. The van der Waals surface area contributed by atoms with Crippen molar-refractivity contribution in [3.8, 4) is 0 Å². The Balaban J connectivity index is 2.02. The maximum absolute atomic E-state index is 5.59. The maximum Gasteiger partial charge on any atom is 0.219 e. The summed E-state index contributed by atoms with van der Waals surface area (Å²) >= 11 is 3.20. The Bertz CT molecular complexity index is 626. The molecule has 2 aromatic rings. The van der Waals surface area contributed by atoms with Crippen LogP contribution in [-0.4, -0.2) is 40.1 Å². The van der Waals surface area contributed by atoms with E-state index in [0.717, 1.165) is 21.6 Å². The number of rotatable bonds is 10. The van der Waals surface area contributed by atoms with E-state index in [0.29, 0.717) is 19.0 Å². The summed E-state index contributed by atoms with van der Waals surface area (Å²) in [4.78, 5) is 4.59. The highest BCUT2D eigenvalue weighted by Gasteiger charge is 2.20. The molecule has 0 aliphatic heterocycles. The second kappa shape index (κ2) is 9.47. The summed E-state index contributed by atoms with van der Waals surface area (Å²) in [7, 11) is 3.61. The van der Waals surface area contributed by atoms with Crippen molar-refractivity contribution in [3.63, 3.8) is 0 Å². The van der Waals surface area contributed by atoms with Crippen LogP contribution in [0.3, 0.4) is 0 Å².